The highest BCUT2D eigenvalue weighted by atomic mass is 32.2. The lowest BCUT2D eigenvalue weighted by molar-refractivity contribution is 0.0935. The van der Waals surface area contributed by atoms with Gasteiger partial charge >= 0.3 is 0 Å². The minimum absolute atomic E-state index is 0.0975. The third-order valence-electron chi connectivity index (χ3n) is 6.62. The van der Waals surface area contributed by atoms with Gasteiger partial charge in [-0.05, 0) is 86.3 Å². The van der Waals surface area contributed by atoms with Crippen LogP contribution in [0.1, 0.15) is 77.7 Å². The molecule has 1 fully saturated rings. The molecule has 2 aliphatic rings. The molecule has 1 amide bonds. The summed E-state index contributed by atoms with van der Waals surface area (Å²) >= 11 is 0. The standard InChI is InChI=1S/C25H32N2O3S/c1-3-23(21-13-12-19-8-4-5-9-20(19)16-21)26-25(28)22-11-10-18(2)24(17-22)31(29,30)27-14-6-7-15-27/h10-13,16-17,23H,3-9,14-15H2,1-2H3,(H,26,28)/t23-/m0/s1. The van der Waals surface area contributed by atoms with Gasteiger partial charge < -0.3 is 5.32 Å². The fourth-order valence-corrected chi connectivity index (χ4v) is 6.49. The normalized spacial score (nSPS) is 17.9. The second-order valence-electron chi connectivity index (χ2n) is 8.76. The zero-order valence-corrected chi connectivity index (χ0v) is 19.3. The Labute approximate surface area is 185 Å². The predicted octanol–water partition coefficient (Wildman–Crippen LogP) is 4.54. The Morgan fingerprint density at radius 2 is 1.71 bits per heavy atom. The van der Waals surface area contributed by atoms with Crippen LogP contribution in [-0.2, 0) is 22.9 Å². The van der Waals surface area contributed by atoms with Crippen molar-refractivity contribution in [3.8, 4) is 0 Å². The SMILES string of the molecule is CC[C@H](NC(=O)c1ccc(C)c(S(=O)(=O)N2CCCC2)c1)c1ccc2c(c1)CCCC2. The summed E-state index contributed by atoms with van der Waals surface area (Å²) in [6, 6.07) is 11.5. The molecule has 0 aromatic heterocycles. The van der Waals surface area contributed by atoms with Crippen LogP contribution in [0.25, 0.3) is 0 Å². The molecule has 5 nitrogen and oxygen atoms in total. The first kappa shape index (κ1) is 22.0. The van der Waals surface area contributed by atoms with E-state index in [0.29, 0.717) is 24.2 Å². The number of carbonyl (C=O) groups excluding carboxylic acids is 1. The summed E-state index contributed by atoms with van der Waals surface area (Å²) in [5.74, 6) is -0.234. The minimum Gasteiger partial charge on any atom is -0.345 e. The van der Waals surface area contributed by atoms with Gasteiger partial charge in [0, 0.05) is 18.7 Å². The summed E-state index contributed by atoms with van der Waals surface area (Å²) < 4.78 is 27.6. The van der Waals surface area contributed by atoms with E-state index in [1.807, 2.05) is 0 Å². The predicted molar refractivity (Wildman–Crippen MR) is 123 cm³/mol. The van der Waals surface area contributed by atoms with Crippen molar-refractivity contribution < 1.29 is 13.2 Å². The Morgan fingerprint density at radius 3 is 2.42 bits per heavy atom. The maximum absolute atomic E-state index is 13.1. The Kier molecular flexibility index (Phi) is 6.49. The molecule has 1 heterocycles. The van der Waals surface area contributed by atoms with E-state index in [9.17, 15) is 13.2 Å². The summed E-state index contributed by atoms with van der Waals surface area (Å²) in [6.45, 7) is 4.94. The van der Waals surface area contributed by atoms with Gasteiger partial charge in [0.15, 0.2) is 0 Å². The number of nitrogens with one attached hydrogen (secondary N) is 1. The molecule has 31 heavy (non-hydrogen) atoms. The molecule has 1 aliphatic carbocycles. The highest BCUT2D eigenvalue weighted by molar-refractivity contribution is 7.89. The van der Waals surface area contributed by atoms with E-state index in [2.05, 4.69) is 30.4 Å². The second kappa shape index (κ2) is 9.13. The molecule has 1 aliphatic heterocycles. The lowest BCUT2D eigenvalue weighted by Crippen LogP contribution is -2.30. The van der Waals surface area contributed by atoms with Crippen molar-refractivity contribution in [1.82, 2.24) is 9.62 Å². The van der Waals surface area contributed by atoms with Gasteiger partial charge in [0.05, 0.1) is 10.9 Å². The Hall–Kier alpha value is -2.18. The zero-order valence-electron chi connectivity index (χ0n) is 18.5. The molecule has 0 saturated carbocycles. The fraction of sp³-hybridized carbons (Fsp3) is 0.480. The molecule has 166 valence electrons. The van der Waals surface area contributed by atoms with Crippen LogP contribution < -0.4 is 5.32 Å². The molecule has 0 unspecified atom stereocenters. The van der Waals surface area contributed by atoms with Gasteiger partial charge in [-0.2, -0.15) is 4.31 Å². The second-order valence-corrected chi connectivity index (χ2v) is 10.7. The van der Waals surface area contributed by atoms with Crippen molar-refractivity contribution in [2.75, 3.05) is 13.1 Å². The molecule has 4 rings (SSSR count). The van der Waals surface area contributed by atoms with Gasteiger partial charge in [0.1, 0.15) is 0 Å². The highest BCUT2D eigenvalue weighted by Gasteiger charge is 2.29. The number of sulfonamides is 1. The zero-order chi connectivity index (χ0) is 22.0. The third kappa shape index (κ3) is 4.55. The van der Waals surface area contributed by atoms with Crippen molar-refractivity contribution in [1.29, 1.82) is 0 Å². The van der Waals surface area contributed by atoms with Crippen LogP contribution in [0.2, 0.25) is 0 Å². The van der Waals surface area contributed by atoms with Crippen LogP contribution in [-0.4, -0.2) is 31.7 Å². The third-order valence-corrected chi connectivity index (χ3v) is 8.66. The van der Waals surface area contributed by atoms with E-state index in [4.69, 9.17) is 0 Å². The number of aryl methyl sites for hydroxylation is 3. The summed E-state index contributed by atoms with van der Waals surface area (Å²) in [7, 11) is -3.57. The Bertz CT molecular complexity index is 1070. The topological polar surface area (TPSA) is 66.5 Å². The van der Waals surface area contributed by atoms with Crippen LogP contribution in [0.4, 0.5) is 0 Å². The van der Waals surface area contributed by atoms with Gasteiger partial charge in [-0.1, -0.05) is 31.2 Å². The molecule has 1 N–H and O–H groups in total. The first-order chi connectivity index (χ1) is 14.9. The number of hydrogen-bond donors (Lipinski definition) is 1. The van der Waals surface area contributed by atoms with E-state index in [-0.39, 0.29) is 16.8 Å². The minimum atomic E-state index is -3.57. The first-order valence-corrected chi connectivity index (χ1v) is 12.9. The average molecular weight is 441 g/mol. The van der Waals surface area contributed by atoms with Crippen LogP contribution in [0.3, 0.4) is 0 Å². The van der Waals surface area contributed by atoms with Gasteiger partial charge in [0.25, 0.3) is 5.91 Å². The Morgan fingerprint density at radius 1 is 1.00 bits per heavy atom. The number of carbonyl (C=O) groups is 1. The maximum Gasteiger partial charge on any atom is 0.251 e. The van der Waals surface area contributed by atoms with Crippen molar-refractivity contribution in [3.05, 3.63) is 64.2 Å². The number of hydrogen-bond acceptors (Lipinski definition) is 3. The van der Waals surface area contributed by atoms with E-state index < -0.39 is 10.0 Å². The molecule has 0 spiro atoms. The van der Waals surface area contributed by atoms with Gasteiger partial charge in [0.2, 0.25) is 10.0 Å². The molecule has 2 aromatic carbocycles. The largest absolute Gasteiger partial charge is 0.345 e. The molecule has 0 radical (unpaired) electrons. The smallest absolute Gasteiger partial charge is 0.251 e. The number of amides is 1. The van der Waals surface area contributed by atoms with Crippen molar-refractivity contribution in [3.63, 3.8) is 0 Å². The molecular weight excluding hydrogens is 408 g/mol. The van der Waals surface area contributed by atoms with E-state index in [1.54, 1.807) is 19.1 Å². The van der Waals surface area contributed by atoms with Crippen LogP contribution in [0, 0.1) is 6.92 Å². The lowest BCUT2D eigenvalue weighted by atomic mass is 9.88. The first-order valence-electron chi connectivity index (χ1n) is 11.4. The van der Waals surface area contributed by atoms with Crippen molar-refractivity contribution >= 4 is 15.9 Å². The average Bonchev–Trinajstić information content (AvgIpc) is 3.33. The summed E-state index contributed by atoms with van der Waals surface area (Å²) in [6.07, 6.45) is 7.25. The summed E-state index contributed by atoms with van der Waals surface area (Å²) in [5, 5.41) is 3.13. The van der Waals surface area contributed by atoms with Gasteiger partial charge in [-0.25, -0.2) is 8.42 Å². The fourth-order valence-electron chi connectivity index (χ4n) is 4.72. The van der Waals surface area contributed by atoms with E-state index in [0.717, 1.165) is 37.7 Å². The quantitative estimate of drug-likeness (QED) is 0.717. The molecule has 0 bridgehead atoms. The monoisotopic (exact) mass is 440 g/mol. The van der Waals surface area contributed by atoms with Crippen molar-refractivity contribution in [2.24, 2.45) is 0 Å². The van der Waals surface area contributed by atoms with Gasteiger partial charge in [-0.3, -0.25) is 4.79 Å². The Balaban J connectivity index is 1.56. The highest BCUT2D eigenvalue weighted by Crippen LogP contribution is 2.27. The molecule has 2 aromatic rings. The van der Waals surface area contributed by atoms with E-state index >= 15 is 0 Å². The van der Waals surface area contributed by atoms with Crippen LogP contribution in [0.15, 0.2) is 41.3 Å². The number of rotatable bonds is 6. The molecular formula is C25H32N2O3S. The molecule has 1 saturated heterocycles. The maximum atomic E-state index is 13.1. The summed E-state index contributed by atoms with van der Waals surface area (Å²) in [4.78, 5) is 13.3. The van der Waals surface area contributed by atoms with Crippen molar-refractivity contribution in [2.45, 2.75) is 69.7 Å². The summed E-state index contributed by atoms with van der Waals surface area (Å²) in [5.41, 5.74) is 5.00. The van der Waals surface area contributed by atoms with Gasteiger partial charge in [-0.15, -0.1) is 0 Å². The van der Waals surface area contributed by atoms with Crippen LogP contribution in [0.5, 0.6) is 0 Å². The molecule has 1 atom stereocenters. The van der Waals surface area contributed by atoms with E-state index in [1.165, 1.54) is 34.3 Å². The number of nitrogens with zero attached hydrogens (tertiary/aromatic N) is 1. The number of fused-ring (bicyclic) bond motifs is 1. The number of benzene rings is 2. The molecule has 6 heteroatoms. The van der Waals surface area contributed by atoms with Crippen LogP contribution >= 0.6 is 0 Å². The lowest BCUT2D eigenvalue weighted by Gasteiger charge is -2.22.